The molecule has 1 aromatic heterocycles. The Balaban J connectivity index is 2.61. The lowest BCUT2D eigenvalue weighted by Crippen LogP contribution is -2.11. The van der Waals surface area contributed by atoms with Crippen molar-refractivity contribution in [3.8, 4) is 0 Å². The van der Waals surface area contributed by atoms with Crippen molar-refractivity contribution in [2.75, 3.05) is 6.54 Å². The van der Waals surface area contributed by atoms with Crippen molar-refractivity contribution >= 4 is 10.9 Å². The van der Waals surface area contributed by atoms with Crippen molar-refractivity contribution in [3.63, 3.8) is 0 Å². The van der Waals surface area contributed by atoms with E-state index in [9.17, 15) is 0 Å². The summed E-state index contributed by atoms with van der Waals surface area (Å²) < 4.78 is 2.18. The minimum atomic E-state index is 0.482. The summed E-state index contributed by atoms with van der Waals surface area (Å²) in [5.41, 5.74) is 8.48. The number of aryl methyl sites for hydroxylation is 1. The summed E-state index contributed by atoms with van der Waals surface area (Å²) in [6.45, 7) is 2.92. The van der Waals surface area contributed by atoms with Crippen LogP contribution in [0.2, 0.25) is 0 Å². The van der Waals surface area contributed by atoms with Crippen LogP contribution in [0.1, 0.15) is 24.8 Å². The Morgan fingerprint density at radius 1 is 1.33 bits per heavy atom. The molecule has 0 aliphatic heterocycles. The molecule has 0 radical (unpaired) electrons. The third-order valence-corrected chi connectivity index (χ3v) is 3.14. The fourth-order valence-electron chi connectivity index (χ4n) is 2.21. The minimum Gasteiger partial charge on any atom is -0.350 e. The lowest BCUT2D eigenvalue weighted by atomic mass is 9.96. The summed E-state index contributed by atoms with van der Waals surface area (Å²) in [5, 5.41) is 1.34. The largest absolute Gasteiger partial charge is 0.350 e. The number of rotatable bonds is 3. The highest BCUT2D eigenvalue weighted by Gasteiger charge is 2.13. The van der Waals surface area contributed by atoms with Gasteiger partial charge in [-0.1, -0.05) is 25.1 Å². The standard InChI is InChI=1S/C13H18N2/c1-3-10(8-14)12-9-15(2)13-7-5-4-6-11(12)13/h4-7,9-10H,3,8,14H2,1-2H3. The van der Waals surface area contributed by atoms with E-state index in [0.717, 1.165) is 13.0 Å². The molecule has 0 bridgehead atoms. The zero-order valence-corrected chi connectivity index (χ0v) is 9.40. The molecule has 0 amide bonds. The van der Waals surface area contributed by atoms with Crippen LogP contribution in [0.15, 0.2) is 30.5 Å². The van der Waals surface area contributed by atoms with Crippen molar-refractivity contribution < 1.29 is 0 Å². The van der Waals surface area contributed by atoms with Crippen LogP contribution in [0.4, 0.5) is 0 Å². The molecule has 1 aromatic carbocycles. The van der Waals surface area contributed by atoms with Crippen LogP contribution in [0, 0.1) is 0 Å². The Labute approximate surface area is 90.7 Å². The van der Waals surface area contributed by atoms with E-state index in [1.807, 2.05) is 0 Å². The molecule has 15 heavy (non-hydrogen) atoms. The Morgan fingerprint density at radius 2 is 2.07 bits per heavy atom. The molecule has 0 saturated carbocycles. The van der Waals surface area contributed by atoms with Gasteiger partial charge in [-0.05, 0) is 30.5 Å². The highest BCUT2D eigenvalue weighted by molar-refractivity contribution is 5.84. The van der Waals surface area contributed by atoms with Crippen molar-refractivity contribution in [3.05, 3.63) is 36.0 Å². The molecule has 2 N–H and O–H groups in total. The Bertz CT molecular complexity index is 453. The molecule has 80 valence electrons. The smallest absolute Gasteiger partial charge is 0.0480 e. The maximum atomic E-state index is 5.81. The van der Waals surface area contributed by atoms with E-state index in [2.05, 4.69) is 49.0 Å². The van der Waals surface area contributed by atoms with Crippen LogP contribution in [-0.4, -0.2) is 11.1 Å². The van der Waals surface area contributed by atoms with Crippen LogP contribution in [0.5, 0.6) is 0 Å². The molecule has 0 aliphatic carbocycles. The molecule has 1 unspecified atom stereocenters. The number of hydrogen-bond acceptors (Lipinski definition) is 1. The minimum absolute atomic E-state index is 0.482. The lowest BCUT2D eigenvalue weighted by molar-refractivity contribution is 0.676. The van der Waals surface area contributed by atoms with Crippen LogP contribution >= 0.6 is 0 Å². The summed E-state index contributed by atoms with van der Waals surface area (Å²) >= 11 is 0. The predicted molar refractivity (Wildman–Crippen MR) is 65.0 cm³/mol. The van der Waals surface area contributed by atoms with Gasteiger partial charge in [0.25, 0.3) is 0 Å². The fraction of sp³-hybridized carbons (Fsp3) is 0.385. The molecule has 2 aromatic rings. The van der Waals surface area contributed by atoms with Gasteiger partial charge in [0, 0.05) is 24.1 Å². The van der Waals surface area contributed by atoms with E-state index in [1.54, 1.807) is 0 Å². The summed E-state index contributed by atoms with van der Waals surface area (Å²) in [4.78, 5) is 0. The van der Waals surface area contributed by atoms with Gasteiger partial charge in [-0.25, -0.2) is 0 Å². The SMILES string of the molecule is CCC(CN)c1cn(C)c2ccccc12. The maximum Gasteiger partial charge on any atom is 0.0480 e. The van der Waals surface area contributed by atoms with Gasteiger partial charge in [0.05, 0.1) is 0 Å². The van der Waals surface area contributed by atoms with Crippen molar-refractivity contribution in [1.29, 1.82) is 0 Å². The summed E-state index contributed by atoms with van der Waals surface area (Å²) in [6, 6.07) is 8.51. The molecule has 2 rings (SSSR count). The zero-order chi connectivity index (χ0) is 10.8. The van der Waals surface area contributed by atoms with Gasteiger partial charge in [0.2, 0.25) is 0 Å². The molecular weight excluding hydrogens is 184 g/mol. The first-order valence-corrected chi connectivity index (χ1v) is 5.52. The van der Waals surface area contributed by atoms with E-state index >= 15 is 0 Å². The lowest BCUT2D eigenvalue weighted by Gasteiger charge is -2.10. The van der Waals surface area contributed by atoms with Crippen LogP contribution < -0.4 is 5.73 Å². The molecule has 0 fully saturated rings. The number of benzene rings is 1. The van der Waals surface area contributed by atoms with Crippen molar-refractivity contribution in [2.45, 2.75) is 19.3 Å². The van der Waals surface area contributed by atoms with Gasteiger partial charge >= 0.3 is 0 Å². The van der Waals surface area contributed by atoms with Crippen LogP contribution in [0.3, 0.4) is 0 Å². The second-order valence-corrected chi connectivity index (χ2v) is 4.05. The Morgan fingerprint density at radius 3 is 2.73 bits per heavy atom. The van der Waals surface area contributed by atoms with Gasteiger partial charge in [-0.2, -0.15) is 0 Å². The van der Waals surface area contributed by atoms with Gasteiger partial charge in [-0.3, -0.25) is 0 Å². The number of fused-ring (bicyclic) bond motifs is 1. The second-order valence-electron chi connectivity index (χ2n) is 4.05. The Kier molecular flexibility index (Phi) is 2.78. The average molecular weight is 202 g/mol. The van der Waals surface area contributed by atoms with Crippen molar-refractivity contribution in [2.24, 2.45) is 12.8 Å². The van der Waals surface area contributed by atoms with E-state index in [-0.39, 0.29) is 0 Å². The second kappa shape index (κ2) is 4.07. The molecular formula is C13H18N2. The average Bonchev–Trinajstić information content (AvgIpc) is 2.60. The zero-order valence-electron chi connectivity index (χ0n) is 9.40. The van der Waals surface area contributed by atoms with Gasteiger partial charge in [0.15, 0.2) is 0 Å². The summed E-state index contributed by atoms with van der Waals surface area (Å²) in [7, 11) is 2.09. The summed E-state index contributed by atoms with van der Waals surface area (Å²) in [6.07, 6.45) is 3.32. The van der Waals surface area contributed by atoms with Gasteiger partial charge in [-0.15, -0.1) is 0 Å². The number of nitrogens with two attached hydrogens (primary N) is 1. The molecule has 0 aliphatic rings. The van der Waals surface area contributed by atoms with E-state index in [4.69, 9.17) is 5.73 Å². The molecule has 2 heteroatoms. The Hall–Kier alpha value is -1.28. The molecule has 0 saturated heterocycles. The quantitative estimate of drug-likeness (QED) is 0.815. The first kappa shape index (κ1) is 10.2. The van der Waals surface area contributed by atoms with E-state index < -0.39 is 0 Å². The van der Waals surface area contributed by atoms with E-state index in [1.165, 1.54) is 16.5 Å². The predicted octanol–water partition coefficient (Wildman–Crippen LogP) is 2.63. The highest BCUT2D eigenvalue weighted by Crippen LogP contribution is 2.28. The van der Waals surface area contributed by atoms with Crippen LogP contribution in [0.25, 0.3) is 10.9 Å². The van der Waals surface area contributed by atoms with Gasteiger partial charge < -0.3 is 10.3 Å². The molecule has 1 atom stereocenters. The fourth-order valence-corrected chi connectivity index (χ4v) is 2.21. The third kappa shape index (κ3) is 1.65. The maximum absolute atomic E-state index is 5.81. The summed E-state index contributed by atoms with van der Waals surface area (Å²) in [5.74, 6) is 0.482. The first-order valence-electron chi connectivity index (χ1n) is 5.52. The van der Waals surface area contributed by atoms with E-state index in [0.29, 0.717) is 5.92 Å². The highest BCUT2D eigenvalue weighted by atomic mass is 14.9. The molecule has 1 heterocycles. The topological polar surface area (TPSA) is 30.9 Å². The normalized spacial score (nSPS) is 13.3. The monoisotopic (exact) mass is 202 g/mol. The van der Waals surface area contributed by atoms with Crippen LogP contribution in [-0.2, 0) is 7.05 Å². The number of nitrogens with zero attached hydrogens (tertiary/aromatic N) is 1. The first-order chi connectivity index (χ1) is 7.27. The number of hydrogen-bond donors (Lipinski definition) is 1. The number of aromatic nitrogens is 1. The third-order valence-electron chi connectivity index (χ3n) is 3.14. The molecule has 2 nitrogen and oxygen atoms in total. The number of para-hydroxylation sites is 1. The molecule has 0 spiro atoms. The van der Waals surface area contributed by atoms with Gasteiger partial charge in [0.1, 0.15) is 0 Å². The van der Waals surface area contributed by atoms with Crippen molar-refractivity contribution in [1.82, 2.24) is 4.57 Å².